The van der Waals surface area contributed by atoms with Crippen LogP contribution in [0.4, 0.5) is 4.79 Å². The van der Waals surface area contributed by atoms with Gasteiger partial charge in [0.2, 0.25) is 5.91 Å². The molecular weight excluding hydrogens is 336 g/mol. The summed E-state index contributed by atoms with van der Waals surface area (Å²) in [5, 5.41) is 0. The lowest BCUT2D eigenvalue weighted by Crippen LogP contribution is -2.57. The number of hydrogen-bond donors (Lipinski definition) is 0. The molecule has 0 aromatic carbocycles. The molecule has 0 aromatic heterocycles. The summed E-state index contributed by atoms with van der Waals surface area (Å²) in [5.74, 6) is 2.18. The summed E-state index contributed by atoms with van der Waals surface area (Å²) in [4.78, 5) is 29.3. The predicted octanol–water partition coefficient (Wildman–Crippen LogP) is 5.20. The fourth-order valence-corrected chi connectivity index (χ4v) is 7.19. The van der Waals surface area contributed by atoms with Crippen molar-refractivity contribution in [1.82, 2.24) is 9.80 Å². The number of imide groups is 1. The summed E-state index contributed by atoms with van der Waals surface area (Å²) >= 11 is 0. The van der Waals surface area contributed by atoms with Gasteiger partial charge in [-0.05, 0) is 75.5 Å². The first-order chi connectivity index (χ1) is 12.9. The lowest BCUT2D eigenvalue weighted by molar-refractivity contribution is -0.134. The summed E-state index contributed by atoms with van der Waals surface area (Å²) in [7, 11) is 0. The Hall–Kier alpha value is -1.32. The topological polar surface area (TPSA) is 40.6 Å². The third-order valence-corrected chi connectivity index (χ3v) is 8.78. The number of amides is 3. The number of allylic oxidation sites excluding steroid dienone is 2. The van der Waals surface area contributed by atoms with Crippen molar-refractivity contribution in [3.8, 4) is 0 Å². The van der Waals surface area contributed by atoms with Crippen LogP contribution >= 0.6 is 0 Å². The lowest BCUT2D eigenvalue weighted by Gasteiger charge is -2.57. The van der Waals surface area contributed by atoms with E-state index < -0.39 is 0 Å². The maximum absolute atomic E-state index is 13.2. The van der Waals surface area contributed by atoms with Gasteiger partial charge in [0.25, 0.3) is 0 Å². The summed E-state index contributed by atoms with van der Waals surface area (Å²) in [6, 6.07) is -0.109. The lowest BCUT2D eigenvalue weighted by atomic mass is 9.50. The molecule has 5 atom stereocenters. The highest BCUT2D eigenvalue weighted by atomic mass is 16.2. The van der Waals surface area contributed by atoms with E-state index in [1.165, 1.54) is 32.1 Å². The van der Waals surface area contributed by atoms with Gasteiger partial charge in [-0.15, -0.1) is 0 Å². The van der Waals surface area contributed by atoms with E-state index in [0.29, 0.717) is 30.8 Å². The minimum absolute atomic E-state index is 0.00408. The van der Waals surface area contributed by atoms with E-state index in [1.54, 1.807) is 9.80 Å². The first-order valence-electron chi connectivity index (χ1n) is 11.2. The number of rotatable bonds is 2. The number of hydrogen-bond acceptors (Lipinski definition) is 2. The molecule has 0 bridgehead atoms. The molecule has 0 spiro atoms. The minimum Gasteiger partial charge on any atom is -0.325 e. The van der Waals surface area contributed by atoms with Crippen LogP contribution in [0, 0.1) is 28.6 Å². The van der Waals surface area contributed by atoms with Crippen LogP contribution in [0.1, 0.15) is 79.1 Å². The number of piperidine rings is 1. The van der Waals surface area contributed by atoms with Gasteiger partial charge in [-0.25, -0.2) is 9.69 Å². The Kier molecular flexibility index (Phi) is 4.67. The van der Waals surface area contributed by atoms with Gasteiger partial charge in [0, 0.05) is 30.6 Å². The zero-order valence-electron chi connectivity index (χ0n) is 17.6. The predicted molar refractivity (Wildman–Crippen MR) is 107 cm³/mol. The highest BCUT2D eigenvalue weighted by Gasteiger charge is 2.58. The zero-order valence-corrected chi connectivity index (χ0v) is 17.6. The first kappa shape index (κ1) is 19.0. The molecule has 3 aliphatic carbocycles. The fourth-order valence-electron chi connectivity index (χ4n) is 7.19. The van der Waals surface area contributed by atoms with E-state index in [0.717, 1.165) is 30.4 Å². The van der Waals surface area contributed by atoms with Gasteiger partial charge >= 0.3 is 6.03 Å². The Labute approximate surface area is 164 Å². The van der Waals surface area contributed by atoms with Gasteiger partial charge < -0.3 is 4.90 Å². The summed E-state index contributed by atoms with van der Waals surface area (Å²) < 4.78 is 0. The molecule has 0 aromatic rings. The number of likely N-dealkylation sites (tertiary alicyclic amines) is 1. The molecule has 0 radical (unpaired) electrons. The van der Waals surface area contributed by atoms with E-state index in [9.17, 15) is 9.59 Å². The van der Waals surface area contributed by atoms with Gasteiger partial charge in [0.1, 0.15) is 0 Å². The van der Waals surface area contributed by atoms with Crippen molar-refractivity contribution in [3.05, 3.63) is 11.8 Å². The number of fused-ring (bicyclic) bond motifs is 5. The zero-order chi connectivity index (χ0) is 19.4. The molecule has 1 aliphatic heterocycles. The average Bonchev–Trinajstić information content (AvgIpc) is 3.05. The number of carbonyl (C=O) groups is 2. The van der Waals surface area contributed by atoms with Crippen molar-refractivity contribution < 1.29 is 9.59 Å². The van der Waals surface area contributed by atoms with Crippen LogP contribution in [0.15, 0.2) is 11.8 Å². The van der Waals surface area contributed by atoms with Crippen molar-refractivity contribution in [3.63, 3.8) is 0 Å². The quantitative estimate of drug-likeness (QED) is 0.669. The Bertz CT molecular complexity index is 667. The summed E-state index contributed by atoms with van der Waals surface area (Å²) in [6.45, 7) is 10.1. The maximum Gasteiger partial charge on any atom is 0.331 e. The standard InChI is InChI=1S/C23H36N2O2/c1-5-24(6-2)21(27)25-19-10-9-16-17-8-7-13-22(17,3)14-11-18(16)23(19,4)15-12-20(25)26/h10,16-18H,5-9,11-15H2,1-4H3/t16-,17-,18-,22-,23+/m0/s1. The van der Waals surface area contributed by atoms with Gasteiger partial charge in [0.05, 0.1) is 0 Å². The normalized spacial score (nSPS) is 40.7. The second-order valence-corrected chi connectivity index (χ2v) is 9.89. The molecule has 4 heteroatoms. The highest BCUT2D eigenvalue weighted by molar-refractivity contribution is 5.97. The summed E-state index contributed by atoms with van der Waals surface area (Å²) in [5.41, 5.74) is 1.53. The average molecular weight is 373 g/mol. The Balaban J connectivity index is 1.69. The molecule has 1 heterocycles. The molecular formula is C23H36N2O2. The molecule has 27 heavy (non-hydrogen) atoms. The smallest absolute Gasteiger partial charge is 0.325 e. The van der Waals surface area contributed by atoms with Crippen LogP contribution in [-0.4, -0.2) is 34.8 Å². The highest BCUT2D eigenvalue weighted by Crippen LogP contribution is 2.64. The number of nitrogens with zero attached hydrogens (tertiary/aromatic N) is 2. The monoisotopic (exact) mass is 372 g/mol. The van der Waals surface area contributed by atoms with Crippen LogP contribution in [0.5, 0.6) is 0 Å². The molecule has 3 fully saturated rings. The van der Waals surface area contributed by atoms with Crippen molar-refractivity contribution in [2.45, 2.75) is 79.1 Å². The second-order valence-electron chi connectivity index (χ2n) is 9.89. The molecule has 4 rings (SSSR count). The molecule has 1 saturated heterocycles. The van der Waals surface area contributed by atoms with Crippen molar-refractivity contribution >= 4 is 11.9 Å². The second kappa shape index (κ2) is 6.63. The molecule has 4 aliphatic rings. The molecule has 150 valence electrons. The molecule has 3 amide bonds. The molecule has 0 N–H and O–H groups in total. The van der Waals surface area contributed by atoms with Crippen LogP contribution in [0.25, 0.3) is 0 Å². The van der Waals surface area contributed by atoms with E-state index in [2.05, 4.69) is 19.9 Å². The third kappa shape index (κ3) is 2.69. The van der Waals surface area contributed by atoms with E-state index in [1.807, 2.05) is 13.8 Å². The summed E-state index contributed by atoms with van der Waals surface area (Å²) in [6.07, 6.45) is 11.5. The van der Waals surface area contributed by atoms with Gasteiger partial charge in [-0.1, -0.05) is 26.3 Å². The van der Waals surface area contributed by atoms with Crippen LogP contribution in [0.2, 0.25) is 0 Å². The Morgan fingerprint density at radius 1 is 1.15 bits per heavy atom. The van der Waals surface area contributed by atoms with Crippen LogP contribution in [-0.2, 0) is 4.79 Å². The van der Waals surface area contributed by atoms with Gasteiger partial charge in [-0.3, -0.25) is 4.79 Å². The minimum atomic E-state index is -0.109. The van der Waals surface area contributed by atoms with Crippen molar-refractivity contribution in [2.75, 3.05) is 13.1 Å². The third-order valence-electron chi connectivity index (χ3n) is 8.78. The van der Waals surface area contributed by atoms with E-state index >= 15 is 0 Å². The molecule has 4 nitrogen and oxygen atoms in total. The molecule has 0 unspecified atom stereocenters. The fraction of sp³-hybridized carbons (Fsp3) is 0.826. The van der Waals surface area contributed by atoms with Crippen molar-refractivity contribution in [2.24, 2.45) is 28.6 Å². The first-order valence-corrected chi connectivity index (χ1v) is 11.2. The molecule has 2 saturated carbocycles. The Morgan fingerprint density at radius 3 is 2.59 bits per heavy atom. The van der Waals surface area contributed by atoms with Gasteiger partial charge in [0.15, 0.2) is 0 Å². The maximum atomic E-state index is 13.2. The van der Waals surface area contributed by atoms with E-state index in [4.69, 9.17) is 0 Å². The van der Waals surface area contributed by atoms with Gasteiger partial charge in [-0.2, -0.15) is 0 Å². The van der Waals surface area contributed by atoms with Crippen molar-refractivity contribution in [1.29, 1.82) is 0 Å². The van der Waals surface area contributed by atoms with Crippen LogP contribution < -0.4 is 0 Å². The number of urea groups is 1. The van der Waals surface area contributed by atoms with Crippen LogP contribution in [0.3, 0.4) is 0 Å². The number of carbonyl (C=O) groups excluding carboxylic acids is 2. The Morgan fingerprint density at radius 2 is 1.89 bits per heavy atom. The largest absolute Gasteiger partial charge is 0.331 e. The van der Waals surface area contributed by atoms with E-state index in [-0.39, 0.29) is 17.4 Å². The SMILES string of the molecule is CCN(CC)C(=O)N1C(=O)CC[C@@]2(C)C1=CC[C@H]1[C@@H]3CCC[C@@]3(C)CC[C@@H]12.